The van der Waals surface area contributed by atoms with Crippen LogP contribution in [0.3, 0.4) is 0 Å². The minimum Gasteiger partial charge on any atom is -0.472 e. The van der Waals surface area contributed by atoms with Gasteiger partial charge in [0.25, 0.3) is 5.56 Å². The van der Waals surface area contributed by atoms with Crippen molar-refractivity contribution in [1.29, 1.82) is 0 Å². The molecule has 3 aromatic rings. The SMILES string of the molecule is CCOC(=O)[C@@H]1[C@H]2c3ccccc3O[C@]1(C)N=c1s/c(=C/c3ccoc3)c(=O)n12. The Hall–Kier alpha value is -3.13. The molecular weight excluding hydrogens is 392 g/mol. The molecule has 29 heavy (non-hydrogen) atoms. The van der Waals surface area contributed by atoms with E-state index in [0.29, 0.717) is 15.1 Å². The number of para-hydroxylation sites is 1. The van der Waals surface area contributed by atoms with Crippen LogP contribution in [0.1, 0.15) is 31.0 Å². The molecule has 148 valence electrons. The van der Waals surface area contributed by atoms with E-state index >= 15 is 0 Å². The van der Waals surface area contributed by atoms with Gasteiger partial charge in [0.1, 0.15) is 11.7 Å². The summed E-state index contributed by atoms with van der Waals surface area (Å²) in [5.74, 6) is -0.574. The number of fused-ring (bicyclic) bond motifs is 6. The second-order valence-electron chi connectivity index (χ2n) is 7.11. The molecule has 2 aliphatic rings. The highest BCUT2D eigenvalue weighted by molar-refractivity contribution is 7.07. The average Bonchev–Trinajstić information content (AvgIpc) is 3.29. The summed E-state index contributed by atoms with van der Waals surface area (Å²) in [6.07, 6.45) is 4.88. The first-order valence-electron chi connectivity index (χ1n) is 9.31. The minimum atomic E-state index is -1.16. The van der Waals surface area contributed by atoms with Gasteiger partial charge in [-0.15, -0.1) is 0 Å². The molecule has 2 aromatic heterocycles. The Morgan fingerprint density at radius 3 is 2.97 bits per heavy atom. The van der Waals surface area contributed by atoms with Crippen LogP contribution in [0, 0.1) is 5.92 Å². The smallest absolute Gasteiger partial charge is 0.317 e. The van der Waals surface area contributed by atoms with Crippen LogP contribution in [0.15, 0.2) is 57.1 Å². The lowest BCUT2D eigenvalue weighted by Crippen LogP contribution is -2.58. The van der Waals surface area contributed by atoms with Gasteiger partial charge in [-0.3, -0.25) is 14.2 Å². The number of hydrogen-bond donors (Lipinski definition) is 0. The Bertz CT molecular complexity index is 1270. The second-order valence-corrected chi connectivity index (χ2v) is 8.12. The predicted molar refractivity (Wildman–Crippen MR) is 105 cm³/mol. The lowest BCUT2D eigenvalue weighted by Gasteiger charge is -2.44. The summed E-state index contributed by atoms with van der Waals surface area (Å²) in [6, 6.07) is 8.67. The molecule has 0 saturated heterocycles. The van der Waals surface area contributed by atoms with E-state index in [4.69, 9.17) is 18.9 Å². The monoisotopic (exact) mass is 410 g/mol. The molecule has 0 radical (unpaired) electrons. The molecule has 3 atom stereocenters. The van der Waals surface area contributed by atoms with E-state index in [2.05, 4.69) is 0 Å². The van der Waals surface area contributed by atoms with Crippen molar-refractivity contribution < 1.29 is 18.7 Å². The molecule has 1 aromatic carbocycles. The lowest BCUT2D eigenvalue weighted by atomic mass is 9.81. The number of hydrogen-bond acceptors (Lipinski definition) is 7. The van der Waals surface area contributed by atoms with Crippen LogP contribution in [-0.4, -0.2) is 22.9 Å². The fourth-order valence-electron chi connectivity index (χ4n) is 4.04. The standard InChI is InChI=1S/C21H18N2O5S/c1-3-27-19(25)16-17-13-6-4-5-7-14(13)28-21(16,2)22-20-23(17)18(24)15(29-20)10-12-8-9-26-11-12/h4-11,16-17H,3H2,1-2H3/b15-10+/t16-,17+,21-/m0/s1. The van der Waals surface area contributed by atoms with E-state index in [-0.39, 0.29) is 12.2 Å². The van der Waals surface area contributed by atoms with E-state index in [9.17, 15) is 9.59 Å². The zero-order valence-corrected chi connectivity index (χ0v) is 16.6. The van der Waals surface area contributed by atoms with Crippen molar-refractivity contribution in [2.75, 3.05) is 6.61 Å². The number of ether oxygens (including phenoxy) is 2. The van der Waals surface area contributed by atoms with E-state index < -0.39 is 23.7 Å². The Balaban J connectivity index is 1.80. The molecule has 7 nitrogen and oxygen atoms in total. The van der Waals surface area contributed by atoms with Crippen molar-refractivity contribution in [3.05, 3.63) is 73.7 Å². The first kappa shape index (κ1) is 17.9. The zero-order valence-electron chi connectivity index (χ0n) is 15.8. The van der Waals surface area contributed by atoms with Crippen LogP contribution in [0.2, 0.25) is 0 Å². The maximum atomic E-state index is 13.3. The van der Waals surface area contributed by atoms with Crippen molar-refractivity contribution in [3.8, 4) is 5.75 Å². The average molecular weight is 410 g/mol. The van der Waals surface area contributed by atoms with Crippen molar-refractivity contribution in [1.82, 2.24) is 4.57 Å². The molecule has 0 unspecified atom stereocenters. The van der Waals surface area contributed by atoms with E-state index in [0.717, 1.165) is 11.1 Å². The number of benzene rings is 1. The van der Waals surface area contributed by atoms with Gasteiger partial charge < -0.3 is 13.9 Å². The summed E-state index contributed by atoms with van der Waals surface area (Å²) in [5, 5.41) is 0. The van der Waals surface area contributed by atoms with Gasteiger partial charge in [-0.25, -0.2) is 4.99 Å². The van der Waals surface area contributed by atoms with Crippen LogP contribution in [-0.2, 0) is 9.53 Å². The van der Waals surface area contributed by atoms with Gasteiger partial charge in [0, 0.05) is 11.1 Å². The predicted octanol–water partition coefficient (Wildman–Crippen LogP) is 1.84. The maximum Gasteiger partial charge on any atom is 0.317 e. The van der Waals surface area contributed by atoms with Crippen LogP contribution >= 0.6 is 11.3 Å². The highest BCUT2D eigenvalue weighted by atomic mass is 32.1. The molecule has 2 aliphatic heterocycles. The van der Waals surface area contributed by atoms with E-state index in [1.807, 2.05) is 24.3 Å². The summed E-state index contributed by atoms with van der Waals surface area (Å²) in [4.78, 5) is 31.5. The van der Waals surface area contributed by atoms with E-state index in [1.54, 1.807) is 43.1 Å². The number of esters is 1. The number of nitrogens with zero attached hydrogens (tertiary/aromatic N) is 2. The van der Waals surface area contributed by atoms with Crippen LogP contribution in [0.25, 0.3) is 6.08 Å². The molecular formula is C21H18N2O5S. The quantitative estimate of drug-likeness (QED) is 0.616. The topological polar surface area (TPSA) is 83.0 Å². The summed E-state index contributed by atoms with van der Waals surface area (Å²) in [7, 11) is 0. The van der Waals surface area contributed by atoms with Gasteiger partial charge in [0.15, 0.2) is 4.80 Å². The number of carbonyl (C=O) groups excluding carboxylic acids is 1. The third kappa shape index (κ3) is 2.66. The Morgan fingerprint density at radius 1 is 1.38 bits per heavy atom. The Labute approximate surface area is 169 Å². The highest BCUT2D eigenvalue weighted by Crippen LogP contribution is 2.47. The molecule has 4 heterocycles. The molecule has 5 rings (SSSR count). The number of carbonyl (C=O) groups is 1. The van der Waals surface area contributed by atoms with Crippen LogP contribution in [0.4, 0.5) is 0 Å². The van der Waals surface area contributed by atoms with Gasteiger partial charge in [0.2, 0.25) is 5.72 Å². The number of aromatic nitrogens is 1. The molecule has 2 bridgehead atoms. The molecule has 0 saturated carbocycles. The van der Waals surface area contributed by atoms with Crippen molar-refractivity contribution >= 4 is 23.4 Å². The van der Waals surface area contributed by atoms with Crippen molar-refractivity contribution in [2.24, 2.45) is 10.9 Å². The van der Waals surface area contributed by atoms with Crippen LogP contribution < -0.4 is 19.6 Å². The minimum absolute atomic E-state index is 0.201. The summed E-state index contributed by atoms with van der Waals surface area (Å²) in [5.41, 5.74) is 0.200. The van der Waals surface area contributed by atoms with Gasteiger partial charge >= 0.3 is 5.97 Å². The van der Waals surface area contributed by atoms with Gasteiger partial charge in [-0.05, 0) is 32.1 Å². The van der Waals surface area contributed by atoms with E-state index in [1.165, 1.54) is 11.3 Å². The normalized spacial score (nSPS) is 24.8. The van der Waals surface area contributed by atoms with Crippen LogP contribution in [0.5, 0.6) is 5.75 Å². The summed E-state index contributed by atoms with van der Waals surface area (Å²) in [6.45, 7) is 3.76. The molecule has 0 fully saturated rings. The first-order valence-corrected chi connectivity index (χ1v) is 10.1. The Morgan fingerprint density at radius 2 is 2.21 bits per heavy atom. The Kier molecular flexibility index (Phi) is 3.99. The third-order valence-electron chi connectivity index (χ3n) is 5.26. The molecule has 8 heteroatoms. The summed E-state index contributed by atoms with van der Waals surface area (Å²) < 4.78 is 18.7. The van der Waals surface area contributed by atoms with Gasteiger partial charge in [-0.1, -0.05) is 29.5 Å². The molecule has 0 aliphatic carbocycles. The first-order chi connectivity index (χ1) is 14.0. The zero-order chi connectivity index (χ0) is 20.2. The van der Waals surface area contributed by atoms with Gasteiger partial charge in [-0.2, -0.15) is 0 Å². The van der Waals surface area contributed by atoms with Gasteiger partial charge in [0.05, 0.1) is 29.7 Å². The van der Waals surface area contributed by atoms with Crippen molar-refractivity contribution in [3.63, 3.8) is 0 Å². The maximum absolute atomic E-state index is 13.3. The van der Waals surface area contributed by atoms with Crippen molar-refractivity contribution in [2.45, 2.75) is 25.6 Å². The fourth-order valence-corrected chi connectivity index (χ4v) is 5.14. The number of furan rings is 1. The highest BCUT2D eigenvalue weighted by Gasteiger charge is 2.55. The molecule has 0 amide bonds. The lowest BCUT2D eigenvalue weighted by molar-refractivity contribution is -0.160. The third-order valence-corrected chi connectivity index (χ3v) is 6.24. The number of rotatable bonds is 3. The second kappa shape index (κ2) is 6.45. The summed E-state index contributed by atoms with van der Waals surface area (Å²) >= 11 is 1.27. The number of thiazole rings is 1. The fraction of sp³-hybridized carbons (Fsp3) is 0.286. The molecule has 0 N–H and O–H groups in total. The largest absolute Gasteiger partial charge is 0.472 e. The molecule has 0 spiro atoms.